The molecule has 1 aliphatic heterocycles. The Bertz CT molecular complexity index is 649. The number of carbonyl (C=O) groups is 1. The number of rotatable bonds is 5. The van der Waals surface area contributed by atoms with Crippen LogP contribution in [0.15, 0.2) is 54.6 Å². The zero-order valence-electron chi connectivity index (χ0n) is 14.1. The van der Waals surface area contributed by atoms with Crippen molar-refractivity contribution in [2.75, 3.05) is 18.4 Å². The van der Waals surface area contributed by atoms with Crippen molar-refractivity contribution < 1.29 is 9.53 Å². The quantitative estimate of drug-likeness (QED) is 0.892. The zero-order valence-corrected chi connectivity index (χ0v) is 14.1. The number of benzene rings is 2. The predicted octanol–water partition coefficient (Wildman–Crippen LogP) is 4.29. The lowest BCUT2D eigenvalue weighted by atomic mass is 10.1. The van der Waals surface area contributed by atoms with Crippen molar-refractivity contribution in [2.45, 2.75) is 32.2 Å². The van der Waals surface area contributed by atoms with E-state index in [-0.39, 0.29) is 11.9 Å². The van der Waals surface area contributed by atoms with Gasteiger partial charge in [0.05, 0.1) is 6.04 Å². The molecule has 0 radical (unpaired) electrons. The van der Waals surface area contributed by atoms with Crippen molar-refractivity contribution in [3.05, 3.63) is 54.6 Å². The number of piperidine rings is 1. The SMILES string of the molecule is CC(C(=O)Nc1ccc(Oc2ccccc2)cc1)N1CCCCC1. The van der Waals surface area contributed by atoms with Gasteiger partial charge in [0.2, 0.25) is 5.91 Å². The zero-order chi connectivity index (χ0) is 16.8. The second-order valence-electron chi connectivity index (χ2n) is 6.20. The van der Waals surface area contributed by atoms with Gasteiger partial charge in [0.1, 0.15) is 11.5 Å². The monoisotopic (exact) mass is 324 g/mol. The molecule has 1 atom stereocenters. The maximum absolute atomic E-state index is 12.4. The summed E-state index contributed by atoms with van der Waals surface area (Å²) in [4.78, 5) is 14.7. The molecule has 3 rings (SSSR count). The first-order chi connectivity index (χ1) is 11.7. The van der Waals surface area contributed by atoms with Crippen molar-refractivity contribution in [3.63, 3.8) is 0 Å². The molecule has 2 aromatic carbocycles. The fourth-order valence-electron chi connectivity index (χ4n) is 2.95. The van der Waals surface area contributed by atoms with Crippen molar-refractivity contribution >= 4 is 11.6 Å². The van der Waals surface area contributed by atoms with Crippen LogP contribution in [0.5, 0.6) is 11.5 Å². The molecule has 2 aromatic rings. The molecule has 0 spiro atoms. The molecule has 24 heavy (non-hydrogen) atoms. The molecule has 1 amide bonds. The smallest absolute Gasteiger partial charge is 0.241 e. The van der Waals surface area contributed by atoms with Gasteiger partial charge in [0.15, 0.2) is 0 Å². The van der Waals surface area contributed by atoms with Crippen molar-refractivity contribution in [2.24, 2.45) is 0 Å². The number of nitrogens with one attached hydrogen (secondary N) is 1. The third kappa shape index (κ3) is 4.36. The summed E-state index contributed by atoms with van der Waals surface area (Å²) < 4.78 is 5.76. The van der Waals surface area contributed by atoms with Crippen molar-refractivity contribution in [1.29, 1.82) is 0 Å². The van der Waals surface area contributed by atoms with Crippen LogP contribution >= 0.6 is 0 Å². The first kappa shape index (κ1) is 16.5. The molecule has 0 aliphatic carbocycles. The summed E-state index contributed by atoms with van der Waals surface area (Å²) in [5, 5.41) is 2.99. The third-order valence-electron chi connectivity index (χ3n) is 4.42. The number of para-hydroxylation sites is 1. The second-order valence-corrected chi connectivity index (χ2v) is 6.20. The number of carbonyl (C=O) groups excluding carboxylic acids is 1. The Hall–Kier alpha value is -2.33. The molecule has 1 fully saturated rings. The molecule has 1 unspecified atom stereocenters. The summed E-state index contributed by atoms with van der Waals surface area (Å²) in [7, 11) is 0. The topological polar surface area (TPSA) is 41.6 Å². The van der Waals surface area contributed by atoms with E-state index in [1.165, 1.54) is 19.3 Å². The standard InChI is InChI=1S/C20H24N2O2/c1-16(22-14-6-3-7-15-22)20(23)21-17-10-12-19(13-11-17)24-18-8-4-2-5-9-18/h2,4-5,8-13,16H,3,6-7,14-15H2,1H3,(H,21,23). The molecule has 1 heterocycles. The Balaban J connectivity index is 1.56. The maximum Gasteiger partial charge on any atom is 0.241 e. The number of amides is 1. The van der Waals surface area contributed by atoms with Gasteiger partial charge in [-0.15, -0.1) is 0 Å². The largest absolute Gasteiger partial charge is 0.457 e. The van der Waals surface area contributed by atoms with Gasteiger partial charge in [0.25, 0.3) is 0 Å². The number of anilines is 1. The maximum atomic E-state index is 12.4. The highest BCUT2D eigenvalue weighted by Gasteiger charge is 2.22. The lowest BCUT2D eigenvalue weighted by Crippen LogP contribution is -2.44. The Morgan fingerprint density at radius 3 is 2.25 bits per heavy atom. The van der Waals surface area contributed by atoms with Gasteiger partial charge in [-0.25, -0.2) is 0 Å². The number of nitrogens with zero attached hydrogens (tertiary/aromatic N) is 1. The van der Waals surface area contributed by atoms with Crippen LogP contribution < -0.4 is 10.1 Å². The van der Waals surface area contributed by atoms with Gasteiger partial charge in [-0.1, -0.05) is 24.6 Å². The Morgan fingerprint density at radius 1 is 0.958 bits per heavy atom. The lowest BCUT2D eigenvalue weighted by Gasteiger charge is -2.31. The number of hydrogen-bond donors (Lipinski definition) is 1. The Morgan fingerprint density at radius 2 is 1.58 bits per heavy atom. The average molecular weight is 324 g/mol. The van der Waals surface area contributed by atoms with E-state index in [2.05, 4.69) is 10.2 Å². The predicted molar refractivity (Wildman–Crippen MR) is 96.5 cm³/mol. The summed E-state index contributed by atoms with van der Waals surface area (Å²) in [6.45, 7) is 4.00. The molecule has 1 aliphatic rings. The molecular formula is C20H24N2O2. The van der Waals surface area contributed by atoms with E-state index >= 15 is 0 Å². The highest BCUT2D eigenvalue weighted by molar-refractivity contribution is 5.94. The molecular weight excluding hydrogens is 300 g/mol. The van der Waals surface area contributed by atoms with Crippen LogP contribution in [0.2, 0.25) is 0 Å². The highest BCUT2D eigenvalue weighted by Crippen LogP contribution is 2.23. The van der Waals surface area contributed by atoms with Gasteiger partial charge in [0, 0.05) is 5.69 Å². The normalized spacial score (nSPS) is 16.4. The number of hydrogen-bond acceptors (Lipinski definition) is 3. The minimum atomic E-state index is -0.0921. The highest BCUT2D eigenvalue weighted by atomic mass is 16.5. The van der Waals surface area contributed by atoms with Crippen molar-refractivity contribution in [1.82, 2.24) is 4.90 Å². The Labute approximate surface area is 143 Å². The van der Waals surface area contributed by atoms with Crippen molar-refractivity contribution in [3.8, 4) is 11.5 Å². The number of likely N-dealkylation sites (tertiary alicyclic amines) is 1. The lowest BCUT2D eigenvalue weighted by molar-refractivity contribution is -0.121. The van der Waals surface area contributed by atoms with Gasteiger partial charge in [-0.05, 0) is 69.3 Å². The van der Waals surface area contributed by atoms with E-state index < -0.39 is 0 Å². The van der Waals surface area contributed by atoms with E-state index in [4.69, 9.17) is 4.74 Å². The van der Waals surface area contributed by atoms with Crippen LogP contribution in [0.4, 0.5) is 5.69 Å². The molecule has 1 saturated heterocycles. The van der Waals surface area contributed by atoms with E-state index in [1.54, 1.807) is 0 Å². The van der Waals surface area contributed by atoms with Crippen LogP contribution in [-0.4, -0.2) is 29.9 Å². The molecule has 0 aromatic heterocycles. The fraction of sp³-hybridized carbons (Fsp3) is 0.350. The molecule has 0 bridgehead atoms. The molecule has 4 nitrogen and oxygen atoms in total. The number of ether oxygens (including phenoxy) is 1. The van der Waals surface area contributed by atoms with E-state index in [1.807, 2.05) is 61.5 Å². The van der Waals surface area contributed by atoms with Gasteiger partial charge in [-0.2, -0.15) is 0 Å². The summed E-state index contributed by atoms with van der Waals surface area (Å²) >= 11 is 0. The van der Waals surface area contributed by atoms with E-state index in [9.17, 15) is 4.79 Å². The fourth-order valence-corrected chi connectivity index (χ4v) is 2.95. The second kappa shape index (κ2) is 7.97. The third-order valence-corrected chi connectivity index (χ3v) is 4.42. The average Bonchev–Trinajstić information content (AvgIpc) is 2.64. The van der Waals surface area contributed by atoms with E-state index in [0.717, 1.165) is 30.3 Å². The summed E-state index contributed by atoms with van der Waals surface area (Å²) in [6.07, 6.45) is 3.64. The summed E-state index contributed by atoms with van der Waals surface area (Å²) in [6, 6.07) is 17.0. The van der Waals surface area contributed by atoms with Crippen LogP contribution in [0.3, 0.4) is 0 Å². The van der Waals surface area contributed by atoms with E-state index in [0.29, 0.717) is 0 Å². The molecule has 4 heteroatoms. The van der Waals surface area contributed by atoms with Gasteiger partial charge < -0.3 is 10.1 Å². The van der Waals surface area contributed by atoms with Gasteiger partial charge >= 0.3 is 0 Å². The molecule has 1 N–H and O–H groups in total. The Kier molecular flexibility index (Phi) is 5.49. The van der Waals surface area contributed by atoms with Gasteiger partial charge in [-0.3, -0.25) is 9.69 Å². The van der Waals surface area contributed by atoms with Crippen LogP contribution in [-0.2, 0) is 4.79 Å². The van der Waals surface area contributed by atoms with Crippen LogP contribution in [0.1, 0.15) is 26.2 Å². The summed E-state index contributed by atoms with van der Waals surface area (Å²) in [5.41, 5.74) is 0.796. The minimum Gasteiger partial charge on any atom is -0.457 e. The first-order valence-electron chi connectivity index (χ1n) is 8.60. The molecule has 0 saturated carbocycles. The minimum absolute atomic E-state index is 0.0497. The first-order valence-corrected chi connectivity index (χ1v) is 8.60. The summed E-state index contributed by atoms with van der Waals surface area (Å²) in [5.74, 6) is 1.60. The van der Waals surface area contributed by atoms with Crippen LogP contribution in [0.25, 0.3) is 0 Å². The van der Waals surface area contributed by atoms with Crippen LogP contribution in [0, 0.1) is 0 Å². The molecule has 126 valence electrons.